The molecule has 0 spiro atoms. The smallest absolute Gasteiger partial charge is 0.500 e. The predicted octanol–water partition coefficient (Wildman–Crippen LogP) is 1.73. The van der Waals surface area contributed by atoms with Crippen molar-refractivity contribution in [1.82, 2.24) is 0 Å². The van der Waals surface area contributed by atoms with Gasteiger partial charge in [-0.3, -0.25) is 0 Å². The first-order valence-corrected chi connectivity index (χ1v) is 4.48. The third-order valence-corrected chi connectivity index (χ3v) is 1.90. The van der Waals surface area contributed by atoms with Crippen molar-refractivity contribution in [2.75, 3.05) is 21.0 Å². The molecule has 0 aromatic heterocycles. The molecule has 0 aliphatic carbocycles. The maximum Gasteiger partial charge on any atom is 0.513 e. The van der Waals surface area contributed by atoms with Crippen LogP contribution in [-0.4, -0.2) is 28.0 Å². The standard InChI is InChI=1S/C9H11BF3O3/c1-14-6-16-7-3-4-8(10(11,12)13)9(5-7)15-2/h3-5H,6H2,1-2H3/q-1. The van der Waals surface area contributed by atoms with Crippen LogP contribution >= 0.6 is 0 Å². The lowest BCUT2D eigenvalue weighted by Crippen LogP contribution is -2.35. The van der Waals surface area contributed by atoms with Crippen LogP contribution in [0.15, 0.2) is 18.2 Å². The Bertz CT molecular complexity index is 354. The van der Waals surface area contributed by atoms with E-state index in [1.54, 1.807) is 0 Å². The summed E-state index contributed by atoms with van der Waals surface area (Å²) >= 11 is 0. The molecule has 7 heteroatoms. The highest BCUT2D eigenvalue weighted by molar-refractivity contribution is 6.74. The SMILES string of the molecule is COCOc1ccc([B-](F)(F)F)c(OC)c1. The van der Waals surface area contributed by atoms with Gasteiger partial charge in [0, 0.05) is 13.2 Å². The molecule has 90 valence electrons. The molecule has 0 N–H and O–H groups in total. The Kier molecular flexibility index (Phi) is 4.06. The predicted molar refractivity (Wildman–Crippen MR) is 54.2 cm³/mol. The fourth-order valence-corrected chi connectivity index (χ4v) is 1.18. The fraction of sp³-hybridized carbons (Fsp3) is 0.333. The summed E-state index contributed by atoms with van der Waals surface area (Å²) in [5.74, 6) is 0.0172. The molecule has 0 heterocycles. The normalized spacial score (nSPS) is 11.3. The molecule has 0 aliphatic rings. The molecule has 0 fully saturated rings. The van der Waals surface area contributed by atoms with Gasteiger partial charge < -0.3 is 27.2 Å². The lowest BCUT2D eigenvalue weighted by molar-refractivity contribution is 0.0510. The Morgan fingerprint density at radius 3 is 2.38 bits per heavy atom. The van der Waals surface area contributed by atoms with Gasteiger partial charge in [0.1, 0.15) is 5.75 Å². The summed E-state index contributed by atoms with van der Waals surface area (Å²) in [5, 5.41) is 0. The van der Waals surface area contributed by atoms with E-state index in [1.807, 2.05) is 0 Å². The lowest BCUT2D eigenvalue weighted by Gasteiger charge is -2.19. The molecule has 1 aromatic carbocycles. The fourth-order valence-electron chi connectivity index (χ4n) is 1.18. The van der Waals surface area contributed by atoms with E-state index in [-0.39, 0.29) is 18.3 Å². The average Bonchev–Trinajstić information content (AvgIpc) is 2.24. The number of hydrogen-bond donors (Lipinski definition) is 0. The maximum absolute atomic E-state index is 12.5. The van der Waals surface area contributed by atoms with E-state index in [2.05, 4.69) is 9.47 Å². The molecule has 0 saturated carbocycles. The Hall–Kier alpha value is -1.37. The summed E-state index contributed by atoms with van der Waals surface area (Å²) in [6.45, 7) is -5.11. The summed E-state index contributed by atoms with van der Waals surface area (Å²) in [6.07, 6.45) is 0. The Morgan fingerprint density at radius 2 is 1.88 bits per heavy atom. The van der Waals surface area contributed by atoms with Crippen LogP contribution in [0.5, 0.6) is 11.5 Å². The quantitative estimate of drug-likeness (QED) is 0.574. The van der Waals surface area contributed by atoms with Crippen molar-refractivity contribution in [3.8, 4) is 11.5 Å². The molecule has 1 rings (SSSR count). The Labute approximate surface area is 91.2 Å². The van der Waals surface area contributed by atoms with Gasteiger partial charge in [0.15, 0.2) is 6.79 Å². The van der Waals surface area contributed by atoms with E-state index in [1.165, 1.54) is 26.4 Å². The van der Waals surface area contributed by atoms with Crippen molar-refractivity contribution in [3.63, 3.8) is 0 Å². The van der Waals surface area contributed by atoms with E-state index in [9.17, 15) is 12.9 Å². The zero-order valence-corrected chi connectivity index (χ0v) is 8.88. The summed E-state index contributed by atoms with van der Waals surface area (Å²) in [7, 11) is 2.60. The van der Waals surface area contributed by atoms with Crippen molar-refractivity contribution in [3.05, 3.63) is 18.2 Å². The van der Waals surface area contributed by atoms with E-state index in [4.69, 9.17) is 4.74 Å². The number of ether oxygens (including phenoxy) is 3. The molecule has 0 radical (unpaired) electrons. The first-order valence-electron chi connectivity index (χ1n) is 4.48. The van der Waals surface area contributed by atoms with Crippen LogP contribution in [-0.2, 0) is 4.74 Å². The van der Waals surface area contributed by atoms with E-state index in [0.717, 1.165) is 6.07 Å². The second kappa shape index (κ2) is 5.11. The van der Waals surface area contributed by atoms with Crippen molar-refractivity contribution in [2.24, 2.45) is 0 Å². The highest BCUT2D eigenvalue weighted by Gasteiger charge is 2.29. The van der Waals surface area contributed by atoms with Gasteiger partial charge in [0.2, 0.25) is 0 Å². The number of halogens is 3. The molecule has 0 unspecified atom stereocenters. The summed E-state index contributed by atoms with van der Waals surface area (Å²) < 4.78 is 51.9. The van der Waals surface area contributed by atoms with Gasteiger partial charge in [-0.25, -0.2) is 0 Å². The maximum atomic E-state index is 12.5. The molecular formula is C9H11BF3O3-. The molecule has 0 atom stereocenters. The number of benzene rings is 1. The molecule has 1 aromatic rings. The van der Waals surface area contributed by atoms with Gasteiger partial charge in [-0.2, -0.15) is 0 Å². The van der Waals surface area contributed by atoms with Gasteiger partial charge >= 0.3 is 6.98 Å². The molecule has 16 heavy (non-hydrogen) atoms. The third kappa shape index (κ3) is 3.06. The van der Waals surface area contributed by atoms with Crippen molar-refractivity contribution >= 4 is 12.4 Å². The second-order valence-corrected chi connectivity index (χ2v) is 3.03. The number of hydrogen-bond acceptors (Lipinski definition) is 3. The van der Waals surface area contributed by atoms with Crippen LogP contribution in [0.3, 0.4) is 0 Å². The van der Waals surface area contributed by atoms with Crippen LogP contribution in [0.1, 0.15) is 0 Å². The number of methoxy groups -OCH3 is 2. The lowest BCUT2D eigenvalue weighted by atomic mass is 9.79. The molecule has 3 nitrogen and oxygen atoms in total. The van der Waals surface area contributed by atoms with Gasteiger partial charge in [-0.15, -0.1) is 0 Å². The van der Waals surface area contributed by atoms with Crippen LogP contribution < -0.4 is 14.9 Å². The first-order chi connectivity index (χ1) is 7.49. The molecule has 0 saturated heterocycles. The zero-order chi connectivity index (χ0) is 12.2. The molecule has 0 bridgehead atoms. The minimum atomic E-state index is -5.08. The van der Waals surface area contributed by atoms with Gasteiger partial charge in [-0.05, 0) is 6.07 Å². The van der Waals surface area contributed by atoms with E-state index < -0.39 is 12.4 Å². The molecular weight excluding hydrogens is 224 g/mol. The highest BCUT2D eigenvalue weighted by atomic mass is 19.4. The monoisotopic (exact) mass is 235 g/mol. The molecule has 0 amide bonds. The highest BCUT2D eigenvalue weighted by Crippen LogP contribution is 2.22. The van der Waals surface area contributed by atoms with Crippen molar-refractivity contribution < 1.29 is 27.2 Å². The van der Waals surface area contributed by atoms with Crippen molar-refractivity contribution in [1.29, 1.82) is 0 Å². The first kappa shape index (κ1) is 12.7. The summed E-state index contributed by atoms with van der Waals surface area (Å²) in [5.41, 5.74) is -0.771. The van der Waals surface area contributed by atoms with Gasteiger partial charge in [0.05, 0.1) is 12.9 Å². The zero-order valence-electron chi connectivity index (χ0n) is 8.88. The Balaban J connectivity index is 2.98. The van der Waals surface area contributed by atoms with Crippen LogP contribution in [0.4, 0.5) is 12.9 Å². The minimum absolute atomic E-state index is 0.0281. The van der Waals surface area contributed by atoms with Crippen molar-refractivity contribution in [2.45, 2.75) is 0 Å². The average molecular weight is 235 g/mol. The summed E-state index contributed by atoms with van der Waals surface area (Å²) in [6, 6.07) is 3.35. The molecule has 0 aliphatic heterocycles. The van der Waals surface area contributed by atoms with E-state index in [0.29, 0.717) is 0 Å². The van der Waals surface area contributed by atoms with Crippen LogP contribution in [0.2, 0.25) is 0 Å². The van der Waals surface area contributed by atoms with E-state index >= 15 is 0 Å². The van der Waals surface area contributed by atoms with Gasteiger partial charge in [-0.1, -0.05) is 11.5 Å². The Morgan fingerprint density at radius 1 is 1.19 bits per heavy atom. The number of rotatable bonds is 5. The van der Waals surface area contributed by atoms with Gasteiger partial charge in [0.25, 0.3) is 0 Å². The minimum Gasteiger partial charge on any atom is -0.500 e. The van der Waals surface area contributed by atoms with Crippen LogP contribution in [0, 0.1) is 0 Å². The second-order valence-electron chi connectivity index (χ2n) is 3.03. The van der Waals surface area contributed by atoms with Crippen LogP contribution in [0.25, 0.3) is 0 Å². The third-order valence-electron chi connectivity index (χ3n) is 1.90. The topological polar surface area (TPSA) is 27.7 Å². The summed E-state index contributed by atoms with van der Waals surface area (Å²) in [4.78, 5) is 0. The largest absolute Gasteiger partial charge is 0.513 e.